The highest BCUT2D eigenvalue weighted by atomic mass is 32.1. The molecule has 3 aromatic heterocycles. The van der Waals surface area contributed by atoms with Gasteiger partial charge in [-0.1, -0.05) is 42.5 Å². The molecule has 1 aliphatic rings. The van der Waals surface area contributed by atoms with E-state index in [4.69, 9.17) is 15.1 Å². The van der Waals surface area contributed by atoms with Gasteiger partial charge in [0.1, 0.15) is 0 Å². The van der Waals surface area contributed by atoms with Crippen LogP contribution in [0.25, 0.3) is 27.3 Å². The second kappa shape index (κ2) is 7.07. The number of hydrogen-bond donors (Lipinski definition) is 1. The Balaban J connectivity index is 1.42. The van der Waals surface area contributed by atoms with Gasteiger partial charge in [-0.3, -0.25) is 0 Å². The topological polar surface area (TPSA) is 71.2 Å². The van der Waals surface area contributed by atoms with E-state index in [1.54, 1.807) is 11.3 Å². The zero-order valence-electron chi connectivity index (χ0n) is 16.2. The van der Waals surface area contributed by atoms with Crippen molar-refractivity contribution in [2.24, 2.45) is 0 Å². The summed E-state index contributed by atoms with van der Waals surface area (Å²) < 4.78 is 1.88. The van der Waals surface area contributed by atoms with Crippen LogP contribution in [-0.2, 0) is 0 Å². The molecule has 1 aliphatic heterocycles. The van der Waals surface area contributed by atoms with Crippen molar-refractivity contribution in [3.05, 3.63) is 60.0 Å². The summed E-state index contributed by atoms with van der Waals surface area (Å²) in [4.78, 5) is 17.6. The molecule has 0 amide bonds. The maximum Gasteiger partial charge on any atom is 0.249 e. The number of rotatable bonds is 4. The minimum atomic E-state index is 0.532. The molecule has 0 aliphatic carbocycles. The summed E-state index contributed by atoms with van der Waals surface area (Å²) in [5.74, 6) is 2.10. The van der Waals surface area contributed by atoms with E-state index in [0.29, 0.717) is 11.8 Å². The van der Waals surface area contributed by atoms with Crippen molar-refractivity contribution in [2.45, 2.75) is 12.8 Å². The van der Waals surface area contributed by atoms with E-state index in [-0.39, 0.29) is 0 Å². The van der Waals surface area contributed by atoms with E-state index in [1.807, 2.05) is 47.0 Å². The van der Waals surface area contributed by atoms with Crippen molar-refractivity contribution in [3.8, 4) is 11.3 Å². The predicted octanol–water partition coefficient (Wildman–Crippen LogP) is 4.74. The minimum absolute atomic E-state index is 0.532. The van der Waals surface area contributed by atoms with Crippen molar-refractivity contribution >= 4 is 44.9 Å². The first-order valence-corrected chi connectivity index (χ1v) is 10.9. The number of anilines is 3. The summed E-state index contributed by atoms with van der Waals surface area (Å²) in [5, 5.41) is 10.1. The zero-order chi connectivity index (χ0) is 19.9. The molecular formula is C22H19N7S. The lowest BCUT2D eigenvalue weighted by molar-refractivity contribution is 0.936. The van der Waals surface area contributed by atoms with E-state index in [2.05, 4.69) is 32.7 Å². The number of nitrogens with zero attached hydrogens (tertiary/aromatic N) is 6. The lowest BCUT2D eigenvalue weighted by Gasteiger charge is -2.19. The van der Waals surface area contributed by atoms with Gasteiger partial charge in [0.15, 0.2) is 11.6 Å². The van der Waals surface area contributed by atoms with Crippen LogP contribution in [-0.4, -0.2) is 37.7 Å². The Morgan fingerprint density at radius 2 is 1.57 bits per heavy atom. The molecule has 0 radical (unpaired) electrons. The van der Waals surface area contributed by atoms with Crippen molar-refractivity contribution in [1.82, 2.24) is 24.6 Å². The lowest BCUT2D eigenvalue weighted by atomic mass is 10.2. The van der Waals surface area contributed by atoms with Crippen LogP contribution in [0.5, 0.6) is 0 Å². The lowest BCUT2D eigenvalue weighted by Crippen LogP contribution is -2.21. The third-order valence-corrected chi connectivity index (χ3v) is 6.16. The monoisotopic (exact) mass is 413 g/mol. The molecule has 0 unspecified atom stereocenters. The molecule has 7 nitrogen and oxygen atoms in total. The van der Waals surface area contributed by atoms with Gasteiger partial charge in [0.25, 0.3) is 0 Å². The van der Waals surface area contributed by atoms with Crippen LogP contribution >= 0.6 is 11.3 Å². The molecule has 148 valence electrons. The Hall–Kier alpha value is -3.52. The molecule has 0 saturated carbocycles. The largest absolute Gasteiger partial charge is 0.354 e. The van der Waals surface area contributed by atoms with E-state index < -0.39 is 0 Å². The quantitative estimate of drug-likeness (QED) is 0.459. The fraction of sp³-hybridized carbons (Fsp3) is 0.182. The number of aromatic nitrogens is 5. The summed E-state index contributed by atoms with van der Waals surface area (Å²) in [6, 6.07) is 18.2. The molecule has 2 aromatic carbocycles. The number of benzene rings is 2. The summed E-state index contributed by atoms with van der Waals surface area (Å²) in [5.41, 5.74) is 3.90. The van der Waals surface area contributed by atoms with Crippen molar-refractivity contribution in [2.75, 3.05) is 23.3 Å². The van der Waals surface area contributed by atoms with Gasteiger partial charge in [0, 0.05) is 24.0 Å². The van der Waals surface area contributed by atoms with Crippen LogP contribution in [0.3, 0.4) is 0 Å². The fourth-order valence-electron chi connectivity index (χ4n) is 3.87. The molecule has 6 rings (SSSR count). The second-order valence-corrected chi connectivity index (χ2v) is 8.16. The Labute approximate surface area is 177 Å². The second-order valence-electron chi connectivity index (χ2n) is 7.32. The van der Waals surface area contributed by atoms with Crippen molar-refractivity contribution in [1.29, 1.82) is 0 Å². The molecule has 30 heavy (non-hydrogen) atoms. The average molecular weight is 414 g/mol. The predicted molar refractivity (Wildman–Crippen MR) is 121 cm³/mol. The van der Waals surface area contributed by atoms with Crippen molar-refractivity contribution in [3.63, 3.8) is 0 Å². The van der Waals surface area contributed by atoms with Crippen LogP contribution in [0.2, 0.25) is 0 Å². The highest BCUT2D eigenvalue weighted by molar-refractivity contribution is 7.15. The highest BCUT2D eigenvalue weighted by Crippen LogP contribution is 2.31. The summed E-state index contributed by atoms with van der Waals surface area (Å²) >= 11 is 1.58. The Morgan fingerprint density at radius 1 is 0.833 bits per heavy atom. The van der Waals surface area contributed by atoms with E-state index in [0.717, 1.165) is 46.2 Å². The van der Waals surface area contributed by atoms with Gasteiger partial charge >= 0.3 is 0 Å². The van der Waals surface area contributed by atoms with Crippen LogP contribution in [0.15, 0.2) is 60.0 Å². The minimum Gasteiger partial charge on any atom is -0.354 e. The molecule has 1 saturated heterocycles. The van der Waals surface area contributed by atoms with Gasteiger partial charge in [-0.25, -0.2) is 14.5 Å². The first-order chi connectivity index (χ1) is 14.8. The van der Waals surface area contributed by atoms with Crippen LogP contribution in [0.1, 0.15) is 12.8 Å². The Morgan fingerprint density at radius 3 is 2.37 bits per heavy atom. The number of thiazole rings is 1. The summed E-state index contributed by atoms with van der Waals surface area (Å²) in [6.45, 7) is 1.98. The maximum absolute atomic E-state index is 4.90. The third kappa shape index (κ3) is 2.96. The Bertz CT molecular complexity index is 1340. The summed E-state index contributed by atoms with van der Waals surface area (Å²) in [6.07, 6.45) is 2.35. The SMILES string of the molecule is c1ccc(-c2csc3nc(Nc4nc5ccccc5nc4N4CCCC4)nn23)cc1. The molecule has 4 heterocycles. The average Bonchev–Trinajstić information content (AvgIpc) is 3.52. The van der Waals surface area contributed by atoms with E-state index >= 15 is 0 Å². The third-order valence-electron chi connectivity index (χ3n) is 5.34. The smallest absolute Gasteiger partial charge is 0.249 e. The molecule has 0 spiro atoms. The van der Waals surface area contributed by atoms with E-state index in [9.17, 15) is 0 Å². The van der Waals surface area contributed by atoms with Crippen LogP contribution in [0, 0.1) is 0 Å². The number of hydrogen-bond acceptors (Lipinski definition) is 7. The van der Waals surface area contributed by atoms with Gasteiger partial charge < -0.3 is 10.2 Å². The molecule has 8 heteroatoms. The first kappa shape index (κ1) is 17.3. The van der Waals surface area contributed by atoms with Gasteiger partial charge in [-0.2, -0.15) is 4.98 Å². The fourth-order valence-corrected chi connectivity index (χ4v) is 4.70. The molecule has 1 fully saturated rings. The van der Waals surface area contributed by atoms with Crippen LogP contribution < -0.4 is 10.2 Å². The zero-order valence-corrected chi connectivity index (χ0v) is 17.0. The highest BCUT2D eigenvalue weighted by Gasteiger charge is 2.21. The summed E-state index contributed by atoms with van der Waals surface area (Å²) in [7, 11) is 0. The van der Waals surface area contributed by atoms with Crippen molar-refractivity contribution < 1.29 is 0 Å². The normalized spacial score (nSPS) is 14.1. The number of fused-ring (bicyclic) bond motifs is 2. The standard InChI is InChI=1S/C22H19N7S/c1-2-8-15(9-3-1)18-14-30-22-26-21(27-29(18)22)25-19-20(28-12-6-7-13-28)24-17-11-5-4-10-16(17)23-19/h1-5,8-11,14H,6-7,12-13H2,(H,23,25,27). The Kier molecular flexibility index (Phi) is 4.09. The van der Waals surface area contributed by atoms with Crippen LogP contribution in [0.4, 0.5) is 17.6 Å². The molecule has 0 bridgehead atoms. The van der Waals surface area contributed by atoms with E-state index in [1.165, 1.54) is 12.8 Å². The number of nitrogens with one attached hydrogen (secondary N) is 1. The maximum atomic E-state index is 4.90. The van der Waals surface area contributed by atoms with Gasteiger partial charge in [0.2, 0.25) is 10.9 Å². The molecule has 5 aromatic rings. The van der Waals surface area contributed by atoms with Gasteiger partial charge in [-0.15, -0.1) is 16.4 Å². The van der Waals surface area contributed by atoms with Gasteiger partial charge in [-0.05, 0) is 25.0 Å². The first-order valence-electron chi connectivity index (χ1n) is 10.0. The molecule has 0 atom stereocenters. The van der Waals surface area contributed by atoms with Gasteiger partial charge in [0.05, 0.1) is 16.7 Å². The number of para-hydroxylation sites is 2. The molecular weight excluding hydrogens is 394 g/mol. The molecule has 1 N–H and O–H groups in total.